The first-order chi connectivity index (χ1) is 8.94. The van der Waals surface area contributed by atoms with Crippen molar-refractivity contribution in [1.29, 1.82) is 0 Å². The summed E-state index contributed by atoms with van der Waals surface area (Å²) in [6.07, 6.45) is 0.189. The van der Waals surface area contributed by atoms with Crippen LogP contribution in [0.2, 0.25) is 5.02 Å². The number of hydrogen-bond donors (Lipinski definition) is 0. The fraction of sp³-hybridized carbons (Fsp3) is 0.462. The van der Waals surface area contributed by atoms with Gasteiger partial charge in [0.25, 0.3) is 5.92 Å². The van der Waals surface area contributed by atoms with Gasteiger partial charge in [0, 0.05) is 29.6 Å². The zero-order valence-corrected chi connectivity index (χ0v) is 11.6. The lowest BCUT2D eigenvalue weighted by molar-refractivity contribution is -0.116. The van der Waals surface area contributed by atoms with Gasteiger partial charge in [-0.2, -0.15) is 0 Å². The van der Waals surface area contributed by atoms with E-state index in [0.717, 1.165) is 0 Å². The lowest BCUT2D eigenvalue weighted by Crippen LogP contribution is -2.33. The molecule has 2 nitrogen and oxygen atoms in total. The molecular weight excluding hydrogens is 295 g/mol. The zero-order valence-electron chi connectivity index (χ0n) is 10.1. The molecule has 1 aliphatic rings. The minimum atomic E-state index is -2.56. The van der Waals surface area contributed by atoms with Crippen LogP contribution < -0.4 is 4.90 Å². The number of halogens is 4. The summed E-state index contributed by atoms with van der Waals surface area (Å²) in [6.45, 7) is 0.243. The summed E-state index contributed by atoms with van der Waals surface area (Å²) in [6, 6.07) is 6.66. The average molecular weight is 308 g/mol. The first-order valence-electron chi connectivity index (χ1n) is 5.94. The van der Waals surface area contributed by atoms with Gasteiger partial charge in [-0.25, -0.2) is 8.78 Å². The molecule has 104 valence electrons. The molecular formula is C13H13Cl2F2NO. The number of hydrogen-bond acceptors (Lipinski definition) is 1. The van der Waals surface area contributed by atoms with Crippen LogP contribution in [0.5, 0.6) is 0 Å². The number of alkyl halides is 3. The van der Waals surface area contributed by atoms with Crippen molar-refractivity contribution in [3.63, 3.8) is 0 Å². The van der Waals surface area contributed by atoms with Crippen molar-refractivity contribution in [2.24, 2.45) is 5.92 Å². The number of carbonyl (C=O) groups is 1. The second-order valence-corrected chi connectivity index (χ2v) is 5.31. The Morgan fingerprint density at radius 3 is 2.42 bits per heavy atom. The van der Waals surface area contributed by atoms with Crippen LogP contribution in [0.3, 0.4) is 0 Å². The number of amides is 1. The minimum absolute atomic E-state index is 0.0868. The summed E-state index contributed by atoms with van der Waals surface area (Å²) in [5.74, 6) is -3.65. The second kappa shape index (κ2) is 5.63. The SMILES string of the molecule is O=C(CCl)N(CCC1CC1(F)F)c1ccc(Cl)cc1. The predicted molar refractivity (Wildman–Crippen MR) is 72.2 cm³/mol. The fourth-order valence-corrected chi connectivity index (χ4v) is 2.23. The molecule has 1 amide bonds. The highest BCUT2D eigenvalue weighted by molar-refractivity contribution is 6.31. The van der Waals surface area contributed by atoms with E-state index >= 15 is 0 Å². The summed E-state index contributed by atoms with van der Waals surface area (Å²) < 4.78 is 25.7. The van der Waals surface area contributed by atoms with E-state index in [0.29, 0.717) is 10.7 Å². The van der Waals surface area contributed by atoms with Gasteiger partial charge in [-0.15, -0.1) is 11.6 Å². The van der Waals surface area contributed by atoms with Crippen molar-refractivity contribution in [3.8, 4) is 0 Å². The Balaban J connectivity index is 2.04. The van der Waals surface area contributed by atoms with Crippen molar-refractivity contribution >= 4 is 34.8 Å². The molecule has 1 unspecified atom stereocenters. The molecule has 2 rings (SSSR count). The standard InChI is InChI=1S/C13H13Cl2F2NO/c14-8-12(19)18(6-5-9-7-13(9,16)17)11-3-1-10(15)2-4-11/h1-4,9H,5-8H2. The molecule has 1 fully saturated rings. The summed E-state index contributed by atoms with van der Waals surface area (Å²) in [4.78, 5) is 13.2. The maximum atomic E-state index is 12.8. The number of benzene rings is 1. The smallest absolute Gasteiger partial charge is 0.251 e. The monoisotopic (exact) mass is 307 g/mol. The Morgan fingerprint density at radius 2 is 1.95 bits per heavy atom. The third-order valence-corrected chi connectivity index (χ3v) is 3.69. The van der Waals surface area contributed by atoms with Gasteiger partial charge in [0.1, 0.15) is 5.88 Å². The van der Waals surface area contributed by atoms with E-state index in [4.69, 9.17) is 23.2 Å². The molecule has 0 heterocycles. The average Bonchev–Trinajstić information content (AvgIpc) is 2.99. The number of anilines is 1. The molecule has 6 heteroatoms. The molecule has 0 aromatic heterocycles. The van der Waals surface area contributed by atoms with E-state index in [1.165, 1.54) is 4.90 Å². The first-order valence-corrected chi connectivity index (χ1v) is 6.85. The van der Waals surface area contributed by atoms with E-state index in [1.54, 1.807) is 24.3 Å². The summed E-state index contributed by atoms with van der Waals surface area (Å²) in [7, 11) is 0. The molecule has 1 aromatic rings. The summed E-state index contributed by atoms with van der Waals surface area (Å²) in [5.41, 5.74) is 0.624. The molecule has 0 aliphatic heterocycles. The van der Waals surface area contributed by atoms with Crippen LogP contribution in [0.25, 0.3) is 0 Å². The van der Waals surface area contributed by atoms with Gasteiger partial charge >= 0.3 is 0 Å². The van der Waals surface area contributed by atoms with E-state index in [2.05, 4.69) is 0 Å². The predicted octanol–water partition coefficient (Wildman–Crippen LogP) is 3.96. The Morgan fingerprint density at radius 1 is 1.37 bits per heavy atom. The van der Waals surface area contributed by atoms with Crippen molar-refractivity contribution in [1.82, 2.24) is 0 Å². The lowest BCUT2D eigenvalue weighted by atomic mass is 10.2. The Bertz CT molecular complexity index is 464. The Hall–Kier alpha value is -0.870. The van der Waals surface area contributed by atoms with Crippen molar-refractivity contribution in [3.05, 3.63) is 29.3 Å². The third-order valence-electron chi connectivity index (χ3n) is 3.21. The first kappa shape index (κ1) is 14.5. The third kappa shape index (κ3) is 3.57. The molecule has 1 saturated carbocycles. The Kier molecular flexibility index (Phi) is 4.31. The van der Waals surface area contributed by atoms with Crippen LogP contribution >= 0.6 is 23.2 Å². The van der Waals surface area contributed by atoms with Crippen LogP contribution in [-0.2, 0) is 4.79 Å². The van der Waals surface area contributed by atoms with Crippen LogP contribution in [0, 0.1) is 5.92 Å². The Labute approximate surface area is 120 Å². The molecule has 0 saturated heterocycles. The normalized spacial score (nSPS) is 20.1. The van der Waals surface area contributed by atoms with Gasteiger partial charge in [-0.05, 0) is 30.7 Å². The lowest BCUT2D eigenvalue weighted by Gasteiger charge is -2.22. The molecule has 19 heavy (non-hydrogen) atoms. The number of rotatable bonds is 5. The summed E-state index contributed by atoms with van der Waals surface area (Å²) >= 11 is 11.3. The van der Waals surface area contributed by atoms with Gasteiger partial charge in [0.2, 0.25) is 5.91 Å². The molecule has 1 aliphatic carbocycles. The van der Waals surface area contributed by atoms with Gasteiger partial charge < -0.3 is 4.90 Å². The molecule has 1 aromatic carbocycles. The van der Waals surface area contributed by atoms with Crippen molar-refractivity contribution in [2.75, 3.05) is 17.3 Å². The van der Waals surface area contributed by atoms with Crippen LogP contribution in [0.4, 0.5) is 14.5 Å². The van der Waals surface area contributed by atoms with E-state index in [9.17, 15) is 13.6 Å². The molecule has 0 N–H and O–H groups in total. The van der Waals surface area contributed by atoms with E-state index < -0.39 is 11.8 Å². The van der Waals surface area contributed by atoms with E-state index in [1.807, 2.05) is 0 Å². The molecule has 0 spiro atoms. The largest absolute Gasteiger partial charge is 0.311 e. The van der Waals surface area contributed by atoms with Gasteiger partial charge in [-0.3, -0.25) is 4.79 Å². The van der Waals surface area contributed by atoms with Gasteiger partial charge in [-0.1, -0.05) is 11.6 Å². The van der Waals surface area contributed by atoms with E-state index in [-0.39, 0.29) is 31.2 Å². The highest BCUT2D eigenvalue weighted by Crippen LogP contribution is 2.50. The quantitative estimate of drug-likeness (QED) is 0.754. The fourth-order valence-electron chi connectivity index (χ4n) is 1.96. The highest BCUT2D eigenvalue weighted by atomic mass is 35.5. The summed E-state index contributed by atoms with van der Waals surface area (Å²) in [5, 5.41) is 0.552. The maximum Gasteiger partial charge on any atom is 0.251 e. The second-order valence-electron chi connectivity index (χ2n) is 4.61. The number of nitrogens with zero attached hydrogens (tertiary/aromatic N) is 1. The maximum absolute atomic E-state index is 12.8. The van der Waals surface area contributed by atoms with Crippen molar-refractivity contribution in [2.45, 2.75) is 18.8 Å². The van der Waals surface area contributed by atoms with Crippen LogP contribution in [0.1, 0.15) is 12.8 Å². The van der Waals surface area contributed by atoms with Crippen LogP contribution in [-0.4, -0.2) is 24.3 Å². The highest BCUT2D eigenvalue weighted by Gasteiger charge is 2.56. The van der Waals surface area contributed by atoms with Crippen LogP contribution in [0.15, 0.2) is 24.3 Å². The zero-order chi connectivity index (χ0) is 14.0. The topological polar surface area (TPSA) is 20.3 Å². The molecule has 1 atom stereocenters. The molecule has 0 radical (unpaired) electrons. The minimum Gasteiger partial charge on any atom is -0.311 e. The van der Waals surface area contributed by atoms with Gasteiger partial charge in [0.05, 0.1) is 0 Å². The van der Waals surface area contributed by atoms with Crippen molar-refractivity contribution < 1.29 is 13.6 Å². The molecule has 0 bridgehead atoms. The number of carbonyl (C=O) groups excluding carboxylic acids is 1. The van der Waals surface area contributed by atoms with Gasteiger partial charge in [0.15, 0.2) is 0 Å².